The Balaban J connectivity index is 1.67. The number of rotatable bonds is 3. The van der Waals surface area contributed by atoms with Gasteiger partial charge in [-0.15, -0.1) is 0 Å². The Bertz CT molecular complexity index is 572. The average molecular weight is 294 g/mol. The molecule has 0 aromatic carbocycles. The van der Waals surface area contributed by atoms with Crippen molar-refractivity contribution in [3.8, 4) is 0 Å². The van der Waals surface area contributed by atoms with Crippen LogP contribution in [0.5, 0.6) is 0 Å². The van der Waals surface area contributed by atoms with Gasteiger partial charge in [-0.25, -0.2) is 9.59 Å². The number of amides is 1. The van der Waals surface area contributed by atoms with Crippen molar-refractivity contribution >= 4 is 12.1 Å². The number of esters is 1. The van der Waals surface area contributed by atoms with Gasteiger partial charge in [0, 0.05) is 38.7 Å². The maximum atomic E-state index is 11.6. The number of methoxy groups -OCH3 is 1. The quantitative estimate of drug-likeness (QED) is 0.803. The number of aromatic nitrogens is 2. The molecule has 8 nitrogen and oxygen atoms in total. The van der Waals surface area contributed by atoms with Crippen LogP contribution in [0.2, 0.25) is 0 Å². The maximum absolute atomic E-state index is 11.6. The van der Waals surface area contributed by atoms with Gasteiger partial charge in [0.25, 0.3) is 0 Å². The summed E-state index contributed by atoms with van der Waals surface area (Å²) in [5.74, 6) is -0.427. The third-order valence-electron chi connectivity index (χ3n) is 4.04. The molecule has 3 heterocycles. The molecule has 2 aliphatic heterocycles. The maximum Gasteiger partial charge on any atom is 0.410 e. The van der Waals surface area contributed by atoms with Crippen LogP contribution in [0.4, 0.5) is 4.79 Å². The molecule has 1 aromatic rings. The van der Waals surface area contributed by atoms with E-state index in [9.17, 15) is 9.59 Å². The van der Waals surface area contributed by atoms with Crippen molar-refractivity contribution in [2.75, 3.05) is 33.8 Å². The fraction of sp³-hybridized carbons (Fsp3) is 0.615. The fourth-order valence-electron chi connectivity index (χ4n) is 3.02. The Kier molecular flexibility index (Phi) is 3.32. The van der Waals surface area contributed by atoms with Crippen LogP contribution >= 0.6 is 0 Å². The first kappa shape index (κ1) is 13.9. The smallest absolute Gasteiger partial charge is 0.410 e. The first-order valence-corrected chi connectivity index (χ1v) is 6.80. The summed E-state index contributed by atoms with van der Waals surface area (Å²) in [6.07, 6.45) is 2.16. The zero-order chi connectivity index (χ0) is 15.0. The van der Waals surface area contributed by atoms with Crippen molar-refractivity contribution in [2.45, 2.75) is 18.6 Å². The highest BCUT2D eigenvalue weighted by Crippen LogP contribution is 2.32. The van der Waals surface area contributed by atoms with Crippen molar-refractivity contribution in [1.82, 2.24) is 20.0 Å². The highest BCUT2D eigenvalue weighted by Gasteiger charge is 2.48. The van der Waals surface area contributed by atoms with Gasteiger partial charge in [-0.1, -0.05) is 0 Å². The lowest BCUT2D eigenvalue weighted by Gasteiger charge is -2.21. The van der Waals surface area contributed by atoms with Gasteiger partial charge in [0.1, 0.15) is 11.3 Å². The first-order valence-electron chi connectivity index (χ1n) is 6.80. The molecule has 0 bridgehead atoms. The Labute approximate surface area is 122 Å². The molecular weight excluding hydrogens is 276 g/mol. The summed E-state index contributed by atoms with van der Waals surface area (Å²) >= 11 is 0. The van der Waals surface area contributed by atoms with Crippen molar-refractivity contribution in [3.63, 3.8) is 0 Å². The average Bonchev–Trinajstić information content (AvgIpc) is 3.12. The topological polar surface area (TPSA) is 87.8 Å². The Morgan fingerprint density at radius 3 is 3.05 bits per heavy atom. The van der Waals surface area contributed by atoms with E-state index in [1.165, 1.54) is 7.11 Å². The lowest BCUT2D eigenvalue weighted by Crippen LogP contribution is -2.37. The van der Waals surface area contributed by atoms with Gasteiger partial charge in [0.05, 0.1) is 19.9 Å². The second kappa shape index (κ2) is 5.03. The van der Waals surface area contributed by atoms with Gasteiger partial charge >= 0.3 is 12.1 Å². The number of hydrogen-bond donors (Lipinski definition) is 1. The normalized spacial score (nSPS) is 25.6. The van der Waals surface area contributed by atoms with Crippen molar-refractivity contribution < 1.29 is 19.1 Å². The SMILES string of the molecule is COC(=O)c1[nH]ncc1CN1CC[C@@]2(C1)CN(C)C(=O)O2. The van der Waals surface area contributed by atoms with Crippen molar-refractivity contribution in [2.24, 2.45) is 0 Å². The highest BCUT2D eigenvalue weighted by molar-refractivity contribution is 5.88. The third kappa shape index (κ3) is 2.46. The van der Waals surface area contributed by atoms with Gasteiger partial charge in [0.2, 0.25) is 0 Å². The number of carbonyl (C=O) groups is 2. The van der Waals surface area contributed by atoms with Gasteiger partial charge < -0.3 is 14.4 Å². The number of hydrogen-bond acceptors (Lipinski definition) is 6. The van der Waals surface area contributed by atoms with Crippen molar-refractivity contribution in [1.29, 1.82) is 0 Å². The van der Waals surface area contributed by atoms with E-state index in [1.807, 2.05) is 0 Å². The molecule has 1 atom stereocenters. The van der Waals surface area contributed by atoms with Crippen LogP contribution in [0, 0.1) is 0 Å². The van der Waals surface area contributed by atoms with E-state index in [-0.39, 0.29) is 6.09 Å². The number of likely N-dealkylation sites (tertiary alicyclic amines) is 1. The van der Waals surface area contributed by atoms with Crippen LogP contribution in [-0.4, -0.2) is 71.5 Å². The van der Waals surface area contributed by atoms with Crippen LogP contribution in [0.25, 0.3) is 0 Å². The zero-order valence-corrected chi connectivity index (χ0v) is 12.1. The largest absolute Gasteiger partial charge is 0.464 e. The Morgan fingerprint density at radius 2 is 2.38 bits per heavy atom. The molecule has 21 heavy (non-hydrogen) atoms. The molecule has 2 aliphatic rings. The molecule has 8 heteroatoms. The van der Waals surface area contributed by atoms with Crippen LogP contribution in [0.1, 0.15) is 22.5 Å². The number of ether oxygens (including phenoxy) is 2. The molecule has 0 saturated carbocycles. The summed E-state index contributed by atoms with van der Waals surface area (Å²) < 4.78 is 10.2. The predicted molar refractivity (Wildman–Crippen MR) is 71.7 cm³/mol. The van der Waals surface area contributed by atoms with Crippen LogP contribution in [0.15, 0.2) is 6.20 Å². The second-order valence-corrected chi connectivity index (χ2v) is 5.63. The molecule has 2 fully saturated rings. The van der Waals surface area contributed by atoms with E-state index in [4.69, 9.17) is 9.47 Å². The minimum absolute atomic E-state index is 0.268. The molecule has 2 saturated heterocycles. The molecule has 1 spiro atoms. The van der Waals surface area contributed by atoms with Crippen molar-refractivity contribution in [3.05, 3.63) is 17.5 Å². The number of nitrogens with zero attached hydrogens (tertiary/aromatic N) is 3. The summed E-state index contributed by atoms with van der Waals surface area (Å²) in [4.78, 5) is 26.9. The van der Waals surface area contributed by atoms with Gasteiger partial charge in [-0.2, -0.15) is 5.10 Å². The molecule has 0 radical (unpaired) electrons. The zero-order valence-electron chi connectivity index (χ0n) is 12.1. The van der Waals surface area contributed by atoms with E-state index in [2.05, 4.69) is 15.1 Å². The summed E-state index contributed by atoms with van der Waals surface area (Å²) in [5.41, 5.74) is 0.747. The molecule has 0 aliphatic carbocycles. The molecule has 0 unspecified atom stereocenters. The second-order valence-electron chi connectivity index (χ2n) is 5.63. The summed E-state index contributed by atoms with van der Waals surface area (Å²) in [5, 5.41) is 6.56. The van der Waals surface area contributed by atoms with E-state index in [1.54, 1.807) is 18.1 Å². The summed E-state index contributed by atoms with van der Waals surface area (Å²) in [7, 11) is 3.08. The number of H-pyrrole nitrogens is 1. The lowest BCUT2D eigenvalue weighted by molar-refractivity contribution is 0.0590. The Hall–Kier alpha value is -2.09. The molecule has 114 valence electrons. The van der Waals surface area contributed by atoms with Crippen LogP contribution in [0.3, 0.4) is 0 Å². The van der Waals surface area contributed by atoms with E-state index >= 15 is 0 Å². The number of nitrogens with one attached hydrogen (secondary N) is 1. The standard InChI is InChI=1S/C13H18N4O4/c1-16-7-13(21-12(16)19)3-4-17(8-13)6-9-5-14-15-10(9)11(18)20-2/h5H,3-4,6-8H2,1-2H3,(H,14,15)/t13-/m0/s1. The first-order chi connectivity index (χ1) is 10.0. The number of carbonyl (C=O) groups excluding carboxylic acids is 2. The Morgan fingerprint density at radius 1 is 1.57 bits per heavy atom. The monoisotopic (exact) mass is 294 g/mol. The number of aromatic amines is 1. The molecule has 3 rings (SSSR count). The van der Waals surface area contributed by atoms with E-state index in [0.717, 1.165) is 18.5 Å². The van der Waals surface area contributed by atoms with Crippen LogP contribution in [-0.2, 0) is 16.0 Å². The minimum Gasteiger partial charge on any atom is -0.464 e. The predicted octanol–water partition coefficient (Wildman–Crippen LogP) is 0.223. The fourth-order valence-corrected chi connectivity index (χ4v) is 3.02. The molecule has 1 aromatic heterocycles. The van der Waals surface area contributed by atoms with E-state index < -0.39 is 11.6 Å². The molecule has 1 amide bonds. The molecular formula is C13H18N4O4. The van der Waals surface area contributed by atoms with Gasteiger partial charge in [-0.3, -0.25) is 10.00 Å². The highest BCUT2D eigenvalue weighted by atomic mass is 16.6. The number of likely N-dealkylation sites (N-methyl/N-ethyl adjacent to an activating group) is 1. The van der Waals surface area contributed by atoms with E-state index in [0.29, 0.717) is 25.3 Å². The van der Waals surface area contributed by atoms with Gasteiger partial charge in [-0.05, 0) is 0 Å². The third-order valence-corrected chi connectivity index (χ3v) is 4.04. The lowest BCUT2D eigenvalue weighted by atomic mass is 10.0. The summed E-state index contributed by atoms with van der Waals surface area (Å²) in [6.45, 7) is 2.66. The van der Waals surface area contributed by atoms with Gasteiger partial charge in [0.15, 0.2) is 0 Å². The summed E-state index contributed by atoms with van der Waals surface area (Å²) in [6, 6.07) is 0. The van der Waals surface area contributed by atoms with Crippen LogP contribution < -0.4 is 0 Å². The minimum atomic E-state index is -0.427. The molecule has 1 N–H and O–H groups in total.